The van der Waals surface area contributed by atoms with E-state index in [0.717, 1.165) is 12.0 Å². The molecule has 0 spiro atoms. The van der Waals surface area contributed by atoms with E-state index < -0.39 is 69.1 Å². The number of Topliss-reactive ketones (excluding diaryl/α,β-unsaturated/α-hetero) is 2. The number of nitriles is 1. The third kappa shape index (κ3) is 3.43. The van der Waals surface area contributed by atoms with Gasteiger partial charge in [-0.25, -0.2) is 0 Å². The van der Waals surface area contributed by atoms with Crippen LogP contribution in [0, 0.1) is 16.7 Å². The summed E-state index contributed by atoms with van der Waals surface area (Å²) in [5, 5.41) is 44.2. The fourth-order valence-electron chi connectivity index (χ4n) is 6.91. The molecule has 12 heteroatoms. The highest BCUT2D eigenvalue weighted by Gasteiger charge is 2.74. The van der Waals surface area contributed by atoms with Crippen LogP contribution in [0.5, 0.6) is 5.75 Å². The van der Waals surface area contributed by atoms with Crippen molar-refractivity contribution in [1.29, 1.82) is 5.26 Å². The van der Waals surface area contributed by atoms with E-state index in [0.29, 0.717) is 16.8 Å². The number of phenolic OH excluding ortho intramolecular Hbond substituents is 1. The van der Waals surface area contributed by atoms with Crippen LogP contribution in [0.25, 0.3) is 17.0 Å². The minimum atomic E-state index is -2.70. The number of likely N-dealkylation sites (N-methyl/N-ethyl adjacent to an activating group) is 1. The molecule has 3 aliphatic rings. The van der Waals surface area contributed by atoms with Gasteiger partial charge in [-0.2, -0.15) is 5.26 Å². The summed E-state index contributed by atoms with van der Waals surface area (Å²) in [6, 6.07) is 6.99. The molecular formula is C29H30N6O6. The van der Waals surface area contributed by atoms with Crippen molar-refractivity contribution in [3.63, 3.8) is 0 Å². The smallest absolute Gasteiger partial charge is 0.255 e. The summed E-state index contributed by atoms with van der Waals surface area (Å²) >= 11 is 0. The summed E-state index contributed by atoms with van der Waals surface area (Å²) in [5.41, 5.74) is 13.6. The van der Waals surface area contributed by atoms with Gasteiger partial charge in [0.1, 0.15) is 22.8 Å². The summed E-state index contributed by atoms with van der Waals surface area (Å²) in [6.45, 7) is 1.98. The molecule has 4 atom stereocenters. The number of pyridine rings is 1. The van der Waals surface area contributed by atoms with E-state index in [4.69, 9.17) is 17.2 Å². The number of carbonyl (C=O) groups is 3. The van der Waals surface area contributed by atoms with E-state index in [1.165, 1.54) is 25.1 Å². The molecule has 0 aliphatic heterocycles. The lowest BCUT2D eigenvalue weighted by molar-refractivity contribution is -0.139. The minimum absolute atomic E-state index is 0.0807. The number of amides is 1. The summed E-state index contributed by atoms with van der Waals surface area (Å²) in [6.07, 6.45) is 1.78. The van der Waals surface area contributed by atoms with Gasteiger partial charge >= 0.3 is 0 Å². The van der Waals surface area contributed by atoms with Crippen LogP contribution >= 0.6 is 0 Å². The number of aryl methyl sites for hydroxylation is 1. The number of aliphatic hydroxyl groups excluding tert-OH is 2. The van der Waals surface area contributed by atoms with Crippen LogP contribution in [-0.2, 0) is 27.2 Å². The number of benzene rings is 1. The van der Waals surface area contributed by atoms with Crippen molar-refractivity contribution in [3.05, 3.63) is 64.1 Å². The molecule has 1 aromatic heterocycles. The number of phenols is 1. The van der Waals surface area contributed by atoms with Gasteiger partial charge in [0, 0.05) is 11.8 Å². The summed E-state index contributed by atoms with van der Waals surface area (Å²) in [7, 11) is 2.94. The SMILES string of the molecule is CCc1ccnc(-c2ccc(O)c3c2C[C@@]2(N)C[C@@]4(N)[C@H](N(C)C)C(=O)C(C(N)=O)=C(O)[C@@]4(C#N)C(=O)C2=C3O)c1. The molecule has 0 saturated heterocycles. The molecule has 1 amide bonds. The van der Waals surface area contributed by atoms with Crippen LogP contribution in [0.4, 0.5) is 0 Å². The number of nitrogens with zero attached hydrogens (tertiary/aromatic N) is 3. The molecule has 0 radical (unpaired) electrons. The molecule has 2 aromatic rings. The number of hydrogen-bond donors (Lipinski definition) is 6. The van der Waals surface area contributed by atoms with Gasteiger partial charge in [0.05, 0.1) is 40.0 Å². The second-order valence-corrected chi connectivity index (χ2v) is 11.2. The Bertz CT molecular complexity index is 1670. The van der Waals surface area contributed by atoms with Crippen molar-refractivity contribution in [2.45, 2.75) is 43.3 Å². The molecular weight excluding hydrogens is 528 g/mol. The highest BCUT2D eigenvalue weighted by atomic mass is 16.3. The molecule has 1 heterocycles. The predicted molar refractivity (Wildman–Crippen MR) is 147 cm³/mol. The molecule has 41 heavy (non-hydrogen) atoms. The van der Waals surface area contributed by atoms with E-state index in [9.17, 15) is 35.0 Å². The standard InChI is InChI=1S/C29H30N6O6/c1-4-13-7-8-34-16(9-13)14-5-6-17(36)18-15(14)10-27(32)11-29(33)23(35(2)3)22(38)19(26(31)41)24(39)28(29,12-30)25(40)20(27)21(18)37/h5-9,23,36-37,39H,4,10-11,32-33H2,1-3H3,(H2,31,41)/t23-,27-,28+,29-/m1/s1. The molecule has 3 aliphatic carbocycles. The second-order valence-electron chi connectivity index (χ2n) is 11.2. The third-order valence-electron chi connectivity index (χ3n) is 8.64. The average Bonchev–Trinajstić information content (AvgIpc) is 2.87. The molecule has 0 unspecified atom stereocenters. The third-order valence-corrected chi connectivity index (χ3v) is 8.64. The maximum atomic E-state index is 14.4. The molecule has 9 N–H and O–H groups in total. The Morgan fingerprint density at radius 1 is 1.20 bits per heavy atom. The lowest BCUT2D eigenvalue weighted by atomic mass is 9.47. The van der Waals surface area contributed by atoms with Gasteiger partial charge in [-0.3, -0.25) is 24.3 Å². The number of primary amides is 1. The number of aliphatic hydroxyl groups is 2. The van der Waals surface area contributed by atoms with Gasteiger partial charge in [-0.15, -0.1) is 0 Å². The van der Waals surface area contributed by atoms with Crippen LogP contribution in [0.15, 0.2) is 47.4 Å². The highest BCUT2D eigenvalue weighted by molar-refractivity contribution is 6.25. The summed E-state index contributed by atoms with van der Waals surface area (Å²) in [5.74, 6) is -5.73. The van der Waals surface area contributed by atoms with Crippen LogP contribution in [0.3, 0.4) is 0 Å². The zero-order valence-corrected chi connectivity index (χ0v) is 22.7. The van der Waals surface area contributed by atoms with Crippen molar-refractivity contribution < 1.29 is 29.7 Å². The normalized spacial score (nSPS) is 29.1. The van der Waals surface area contributed by atoms with Gasteiger partial charge < -0.3 is 32.5 Å². The number of rotatable bonds is 4. The second kappa shape index (κ2) is 8.97. The Kier molecular flexibility index (Phi) is 6.12. The number of aromatic hydroxyl groups is 1. The quantitative estimate of drug-likeness (QED) is 0.283. The lowest BCUT2D eigenvalue weighted by Crippen LogP contribution is -2.80. The van der Waals surface area contributed by atoms with Gasteiger partial charge in [0.15, 0.2) is 17.0 Å². The summed E-state index contributed by atoms with van der Waals surface area (Å²) < 4.78 is 0. The Hall–Kier alpha value is -4.57. The predicted octanol–water partition coefficient (Wildman–Crippen LogP) is 0.530. The number of hydrogen-bond acceptors (Lipinski definition) is 11. The molecule has 212 valence electrons. The van der Waals surface area contributed by atoms with Crippen molar-refractivity contribution in [1.82, 2.24) is 9.88 Å². The number of ketones is 2. The Labute approximate surface area is 235 Å². The molecule has 1 fully saturated rings. The topological polar surface area (TPSA) is 230 Å². The first kappa shape index (κ1) is 28.0. The fourth-order valence-corrected chi connectivity index (χ4v) is 6.91. The number of fused-ring (bicyclic) bond motifs is 3. The molecule has 1 saturated carbocycles. The van der Waals surface area contributed by atoms with Gasteiger partial charge in [0.25, 0.3) is 5.91 Å². The van der Waals surface area contributed by atoms with Crippen LogP contribution in [0.2, 0.25) is 0 Å². The van der Waals surface area contributed by atoms with Crippen molar-refractivity contribution in [2.75, 3.05) is 14.1 Å². The molecule has 5 rings (SSSR count). The van der Waals surface area contributed by atoms with E-state index in [1.54, 1.807) is 18.3 Å². The Morgan fingerprint density at radius 2 is 1.88 bits per heavy atom. The minimum Gasteiger partial charge on any atom is -0.509 e. The fraction of sp³-hybridized carbons (Fsp3) is 0.345. The van der Waals surface area contributed by atoms with E-state index >= 15 is 0 Å². The van der Waals surface area contributed by atoms with Crippen molar-refractivity contribution in [2.24, 2.45) is 22.6 Å². The van der Waals surface area contributed by atoms with Crippen LogP contribution in [-0.4, -0.2) is 73.9 Å². The van der Waals surface area contributed by atoms with E-state index in [1.807, 2.05) is 19.1 Å². The van der Waals surface area contributed by atoms with Crippen molar-refractivity contribution in [3.8, 4) is 23.1 Å². The van der Waals surface area contributed by atoms with Gasteiger partial charge in [-0.05, 0) is 68.8 Å². The monoisotopic (exact) mass is 558 g/mol. The number of aromatic nitrogens is 1. The first-order valence-electron chi connectivity index (χ1n) is 12.9. The first-order chi connectivity index (χ1) is 19.2. The van der Waals surface area contributed by atoms with E-state index in [-0.39, 0.29) is 17.7 Å². The first-order valence-corrected chi connectivity index (χ1v) is 12.9. The molecule has 1 aromatic carbocycles. The zero-order valence-electron chi connectivity index (χ0n) is 22.7. The molecule has 0 bridgehead atoms. The van der Waals surface area contributed by atoms with Crippen LogP contribution < -0.4 is 17.2 Å². The maximum absolute atomic E-state index is 14.4. The highest BCUT2D eigenvalue weighted by Crippen LogP contribution is 2.58. The average molecular weight is 559 g/mol. The number of nitrogens with two attached hydrogens (primary N) is 3. The summed E-state index contributed by atoms with van der Waals surface area (Å²) in [4.78, 5) is 46.0. The van der Waals surface area contributed by atoms with E-state index in [2.05, 4.69) is 4.98 Å². The number of carbonyl (C=O) groups excluding carboxylic acids is 3. The molecule has 12 nitrogen and oxygen atoms in total. The lowest BCUT2D eigenvalue weighted by Gasteiger charge is -2.58. The zero-order chi connectivity index (χ0) is 30.2. The van der Waals surface area contributed by atoms with Crippen LogP contribution in [0.1, 0.15) is 30.0 Å². The van der Waals surface area contributed by atoms with Gasteiger partial charge in [-0.1, -0.05) is 6.92 Å². The van der Waals surface area contributed by atoms with Crippen molar-refractivity contribution >= 4 is 23.2 Å². The Balaban J connectivity index is 1.85. The van der Waals surface area contributed by atoms with Gasteiger partial charge in [0.2, 0.25) is 0 Å². The maximum Gasteiger partial charge on any atom is 0.255 e. The largest absolute Gasteiger partial charge is 0.509 e. The Morgan fingerprint density at radius 3 is 2.46 bits per heavy atom.